The highest BCUT2D eigenvalue weighted by Gasteiger charge is 2.32. The number of carbonyl (C=O) groups is 2. The Balaban J connectivity index is 1.91. The summed E-state index contributed by atoms with van der Waals surface area (Å²) in [6.07, 6.45) is 1.51. The molecule has 0 saturated carbocycles. The van der Waals surface area contributed by atoms with Crippen molar-refractivity contribution in [1.82, 2.24) is 10.2 Å². The highest BCUT2D eigenvalue weighted by molar-refractivity contribution is 7.92. The van der Waals surface area contributed by atoms with Gasteiger partial charge in [-0.2, -0.15) is 0 Å². The average molecular weight is 602 g/mol. The Labute approximate surface area is 247 Å². The van der Waals surface area contributed by atoms with E-state index in [1.54, 1.807) is 12.1 Å². The van der Waals surface area contributed by atoms with Crippen molar-refractivity contribution in [3.63, 3.8) is 0 Å². The van der Waals surface area contributed by atoms with Crippen LogP contribution in [-0.2, 0) is 32.6 Å². The number of benzene rings is 3. The molecule has 3 aromatic carbocycles. The molecule has 0 heterocycles. The van der Waals surface area contributed by atoms with Crippen LogP contribution < -0.4 is 9.62 Å². The average Bonchev–Trinajstić information content (AvgIpc) is 2.89. The van der Waals surface area contributed by atoms with Crippen LogP contribution in [0.25, 0.3) is 0 Å². The predicted octanol–water partition coefficient (Wildman–Crippen LogP) is 5.58. The zero-order chi connectivity index (χ0) is 30.2. The minimum atomic E-state index is -3.69. The minimum Gasteiger partial charge on any atom is -0.350 e. The number of hydrogen-bond donors (Lipinski definition) is 1. The third kappa shape index (κ3) is 9.86. The molecular formula is C31H37ClFN3O4S. The molecule has 0 saturated heterocycles. The van der Waals surface area contributed by atoms with E-state index < -0.39 is 27.4 Å². The van der Waals surface area contributed by atoms with Crippen LogP contribution in [0.5, 0.6) is 0 Å². The quantitative estimate of drug-likeness (QED) is 0.294. The lowest BCUT2D eigenvalue weighted by Gasteiger charge is -2.34. The second-order valence-electron chi connectivity index (χ2n) is 11.0. The molecule has 0 aliphatic carbocycles. The van der Waals surface area contributed by atoms with Crippen LogP contribution in [0, 0.1) is 5.82 Å². The number of nitrogens with zero attached hydrogens (tertiary/aromatic N) is 2. The van der Waals surface area contributed by atoms with E-state index in [1.807, 2.05) is 63.2 Å². The lowest BCUT2D eigenvalue weighted by atomic mass is 10.00. The fourth-order valence-electron chi connectivity index (χ4n) is 4.43. The molecule has 1 atom stereocenters. The Hall–Kier alpha value is -3.43. The molecule has 3 aromatic rings. The molecule has 0 aliphatic heterocycles. The van der Waals surface area contributed by atoms with Gasteiger partial charge in [0.05, 0.1) is 11.9 Å². The Morgan fingerprint density at radius 2 is 1.56 bits per heavy atom. The van der Waals surface area contributed by atoms with Gasteiger partial charge in [0, 0.05) is 36.5 Å². The fraction of sp³-hybridized carbons (Fsp3) is 0.355. The Kier molecular flexibility index (Phi) is 10.9. The number of nitrogens with one attached hydrogen (secondary N) is 1. The van der Waals surface area contributed by atoms with E-state index in [0.29, 0.717) is 16.3 Å². The molecule has 3 rings (SSSR count). The van der Waals surface area contributed by atoms with E-state index in [2.05, 4.69) is 5.32 Å². The molecule has 2 amide bonds. The smallest absolute Gasteiger partial charge is 0.243 e. The largest absolute Gasteiger partial charge is 0.350 e. The van der Waals surface area contributed by atoms with E-state index in [1.165, 1.54) is 29.2 Å². The molecule has 0 bridgehead atoms. The molecule has 0 fully saturated rings. The third-order valence-electron chi connectivity index (χ3n) is 6.33. The van der Waals surface area contributed by atoms with Crippen molar-refractivity contribution in [3.05, 3.63) is 101 Å². The van der Waals surface area contributed by atoms with E-state index in [4.69, 9.17) is 11.6 Å². The van der Waals surface area contributed by atoms with Crippen molar-refractivity contribution in [1.29, 1.82) is 0 Å². The summed E-state index contributed by atoms with van der Waals surface area (Å²) in [5.41, 5.74) is 1.35. The van der Waals surface area contributed by atoms with Crippen LogP contribution in [-0.4, -0.2) is 49.5 Å². The maximum absolute atomic E-state index is 13.9. The normalized spacial score (nSPS) is 12.4. The van der Waals surface area contributed by atoms with Crippen LogP contribution in [0.4, 0.5) is 10.1 Å². The zero-order valence-electron chi connectivity index (χ0n) is 23.8. The molecule has 1 N–H and O–H groups in total. The molecule has 0 spiro atoms. The summed E-state index contributed by atoms with van der Waals surface area (Å²) in [6, 6.07) is 20.9. The zero-order valence-corrected chi connectivity index (χ0v) is 25.4. The third-order valence-corrected chi connectivity index (χ3v) is 7.90. The summed E-state index contributed by atoms with van der Waals surface area (Å²) in [4.78, 5) is 29.0. The summed E-state index contributed by atoms with van der Waals surface area (Å²) in [7, 11) is -3.69. The van der Waals surface area contributed by atoms with Gasteiger partial charge >= 0.3 is 0 Å². The number of carbonyl (C=O) groups excluding carboxylic acids is 2. The van der Waals surface area contributed by atoms with Gasteiger partial charge in [-0.1, -0.05) is 60.1 Å². The molecular weight excluding hydrogens is 565 g/mol. The van der Waals surface area contributed by atoms with Crippen LogP contribution >= 0.6 is 11.6 Å². The molecule has 41 heavy (non-hydrogen) atoms. The summed E-state index contributed by atoms with van der Waals surface area (Å²) < 4.78 is 39.6. The number of hydrogen-bond acceptors (Lipinski definition) is 4. The second-order valence-corrected chi connectivity index (χ2v) is 13.3. The minimum absolute atomic E-state index is 0.00762. The highest BCUT2D eigenvalue weighted by Crippen LogP contribution is 2.23. The number of sulfonamides is 1. The Bertz CT molecular complexity index is 1430. The summed E-state index contributed by atoms with van der Waals surface area (Å²) in [5, 5.41) is 3.48. The van der Waals surface area contributed by atoms with Gasteiger partial charge in [-0.15, -0.1) is 0 Å². The van der Waals surface area contributed by atoms with Crippen molar-refractivity contribution in [3.8, 4) is 0 Å². The lowest BCUT2D eigenvalue weighted by molar-refractivity contribution is -0.142. The van der Waals surface area contributed by atoms with Crippen molar-refractivity contribution in [2.45, 2.75) is 58.2 Å². The van der Waals surface area contributed by atoms with Crippen molar-refractivity contribution < 1.29 is 22.4 Å². The van der Waals surface area contributed by atoms with Gasteiger partial charge in [-0.3, -0.25) is 13.9 Å². The first kappa shape index (κ1) is 32.1. The molecule has 7 nitrogen and oxygen atoms in total. The predicted molar refractivity (Wildman–Crippen MR) is 162 cm³/mol. The summed E-state index contributed by atoms with van der Waals surface area (Å²) >= 11 is 6.46. The second kappa shape index (κ2) is 14.0. The van der Waals surface area contributed by atoms with E-state index in [0.717, 1.165) is 16.1 Å². The number of amides is 2. The first-order valence-corrected chi connectivity index (χ1v) is 15.6. The topological polar surface area (TPSA) is 86.8 Å². The van der Waals surface area contributed by atoms with Crippen molar-refractivity contribution in [2.24, 2.45) is 0 Å². The lowest BCUT2D eigenvalue weighted by Crippen LogP contribution is -2.54. The van der Waals surface area contributed by atoms with E-state index in [9.17, 15) is 22.4 Å². The molecule has 220 valence electrons. The number of anilines is 1. The maximum atomic E-state index is 13.9. The van der Waals surface area contributed by atoms with Crippen molar-refractivity contribution >= 4 is 39.1 Å². The highest BCUT2D eigenvalue weighted by atomic mass is 35.5. The molecule has 1 unspecified atom stereocenters. The van der Waals surface area contributed by atoms with E-state index in [-0.39, 0.29) is 44.2 Å². The summed E-state index contributed by atoms with van der Waals surface area (Å²) in [5.74, 6) is -1.10. The molecule has 10 heteroatoms. The number of rotatable bonds is 12. The van der Waals surface area contributed by atoms with Gasteiger partial charge in [0.15, 0.2) is 0 Å². The summed E-state index contributed by atoms with van der Waals surface area (Å²) in [6.45, 7) is 5.73. The number of halogens is 2. The van der Waals surface area contributed by atoms with Gasteiger partial charge in [0.2, 0.25) is 21.8 Å². The van der Waals surface area contributed by atoms with Crippen LogP contribution in [0.2, 0.25) is 5.02 Å². The van der Waals surface area contributed by atoms with Gasteiger partial charge in [0.1, 0.15) is 11.9 Å². The van der Waals surface area contributed by atoms with Gasteiger partial charge < -0.3 is 10.2 Å². The SMILES string of the molecule is CC(C)(C)NC(=O)C(Cc1ccccc1)N(Cc1ccccc1Cl)C(=O)CCCN(c1ccc(F)cc1)S(C)(=O)=O. The van der Waals surface area contributed by atoms with Gasteiger partial charge in [-0.25, -0.2) is 12.8 Å². The maximum Gasteiger partial charge on any atom is 0.243 e. The van der Waals surface area contributed by atoms with E-state index >= 15 is 0 Å². The first-order chi connectivity index (χ1) is 19.2. The van der Waals surface area contributed by atoms with Crippen LogP contribution in [0.15, 0.2) is 78.9 Å². The Morgan fingerprint density at radius 3 is 2.15 bits per heavy atom. The Morgan fingerprint density at radius 1 is 0.951 bits per heavy atom. The molecule has 0 aliphatic rings. The standard InChI is InChI=1S/C31H37ClFN3O4S/c1-31(2,3)34-30(38)28(21-23-11-6-5-7-12-23)35(22-24-13-8-9-14-27(24)32)29(37)15-10-20-36(41(4,39)40)26-18-16-25(33)17-19-26/h5-9,11-14,16-19,28H,10,15,20-22H2,1-4H3,(H,34,38). The van der Waals surface area contributed by atoms with Crippen LogP contribution in [0.3, 0.4) is 0 Å². The van der Waals surface area contributed by atoms with Crippen molar-refractivity contribution in [2.75, 3.05) is 17.1 Å². The fourth-order valence-corrected chi connectivity index (χ4v) is 5.59. The van der Waals surface area contributed by atoms with Gasteiger partial charge in [0.25, 0.3) is 0 Å². The molecule has 0 radical (unpaired) electrons. The monoisotopic (exact) mass is 601 g/mol. The first-order valence-electron chi connectivity index (χ1n) is 13.4. The van der Waals surface area contributed by atoms with Gasteiger partial charge in [-0.05, 0) is 68.7 Å². The van der Waals surface area contributed by atoms with Crippen LogP contribution in [0.1, 0.15) is 44.7 Å². The molecule has 0 aromatic heterocycles.